The van der Waals surface area contributed by atoms with E-state index in [1.807, 2.05) is 19.9 Å². The maximum atomic E-state index is 13.0. The highest BCUT2D eigenvalue weighted by molar-refractivity contribution is 5.86. The summed E-state index contributed by atoms with van der Waals surface area (Å²) in [7, 11) is 0. The van der Waals surface area contributed by atoms with E-state index in [1.165, 1.54) is 0 Å². The van der Waals surface area contributed by atoms with Crippen LogP contribution in [0, 0.1) is 5.92 Å². The standard InChI is InChI=1S/C29H40N4O9/c1-17(2)13-21(33-29(41)42-16-18-9-5-3-6-10-18)27(39)32-22(15-34)24(36)25(37)26(38)28(40)31-20(14-23(30)35)19-11-7-4-8-12-19/h3-12,17,20-22,24-26,34,36-38H,13-16H2,1-2H3,(H2,30,35)(H,31,40)(H,32,39)(H,33,41)/t20-,21-,22-,24+,25+,26-/m0/s1. The van der Waals surface area contributed by atoms with Gasteiger partial charge in [0.2, 0.25) is 11.8 Å². The van der Waals surface area contributed by atoms with Gasteiger partial charge in [0, 0.05) is 0 Å². The van der Waals surface area contributed by atoms with Crippen molar-refractivity contribution >= 4 is 23.8 Å². The van der Waals surface area contributed by atoms with Gasteiger partial charge in [-0.25, -0.2) is 4.79 Å². The van der Waals surface area contributed by atoms with Crippen molar-refractivity contribution in [1.29, 1.82) is 0 Å². The van der Waals surface area contributed by atoms with Crippen molar-refractivity contribution in [1.82, 2.24) is 16.0 Å². The summed E-state index contributed by atoms with van der Waals surface area (Å²) in [4.78, 5) is 49.6. The quantitative estimate of drug-likeness (QED) is 0.128. The van der Waals surface area contributed by atoms with Gasteiger partial charge in [-0.3, -0.25) is 14.4 Å². The number of alkyl carbamates (subject to hydrolysis) is 1. The molecule has 0 heterocycles. The molecule has 9 N–H and O–H groups in total. The molecular formula is C29H40N4O9. The number of aliphatic hydroxyl groups is 4. The Morgan fingerprint density at radius 3 is 1.98 bits per heavy atom. The van der Waals surface area contributed by atoms with E-state index in [0.717, 1.165) is 5.56 Å². The SMILES string of the molecule is CC(C)C[C@H](NC(=O)OCc1ccccc1)C(=O)N[C@@H](CO)[C@@H](O)[C@@H](O)[C@H](O)C(=O)N[C@@H](CC(N)=O)c1ccccc1. The minimum atomic E-state index is -2.21. The summed E-state index contributed by atoms with van der Waals surface area (Å²) in [6.45, 7) is 2.72. The normalized spacial score (nSPS) is 15.4. The fourth-order valence-electron chi connectivity index (χ4n) is 4.11. The number of nitrogens with one attached hydrogen (secondary N) is 3. The van der Waals surface area contributed by atoms with Crippen molar-refractivity contribution in [3.8, 4) is 0 Å². The van der Waals surface area contributed by atoms with Crippen LogP contribution in [0.5, 0.6) is 0 Å². The predicted octanol–water partition coefficient (Wildman–Crippen LogP) is -0.380. The lowest BCUT2D eigenvalue weighted by Gasteiger charge is -2.30. The average molecular weight is 589 g/mol. The van der Waals surface area contributed by atoms with Gasteiger partial charge in [0.05, 0.1) is 25.1 Å². The molecule has 13 heteroatoms. The highest BCUT2D eigenvalue weighted by Gasteiger charge is 2.37. The van der Waals surface area contributed by atoms with Crippen LogP contribution >= 0.6 is 0 Å². The van der Waals surface area contributed by atoms with Crippen LogP contribution in [-0.2, 0) is 25.7 Å². The van der Waals surface area contributed by atoms with Gasteiger partial charge in [-0.2, -0.15) is 0 Å². The molecule has 42 heavy (non-hydrogen) atoms. The number of benzene rings is 2. The topological polar surface area (TPSA) is 221 Å². The van der Waals surface area contributed by atoms with Gasteiger partial charge in [0.15, 0.2) is 6.10 Å². The molecule has 0 unspecified atom stereocenters. The zero-order chi connectivity index (χ0) is 31.2. The van der Waals surface area contributed by atoms with Gasteiger partial charge in [-0.05, 0) is 23.5 Å². The molecule has 0 aliphatic carbocycles. The summed E-state index contributed by atoms with van der Waals surface area (Å²) in [6.07, 6.45) is -7.35. The molecule has 6 atom stereocenters. The third-order valence-electron chi connectivity index (χ3n) is 6.33. The second-order valence-electron chi connectivity index (χ2n) is 10.3. The van der Waals surface area contributed by atoms with Crippen molar-refractivity contribution in [3.63, 3.8) is 0 Å². The lowest BCUT2D eigenvalue weighted by atomic mass is 9.98. The summed E-state index contributed by atoms with van der Waals surface area (Å²) in [6, 6.07) is 13.6. The Bertz CT molecular complexity index is 1150. The van der Waals surface area contributed by atoms with Crippen LogP contribution in [0.15, 0.2) is 60.7 Å². The number of nitrogens with two attached hydrogens (primary N) is 1. The number of primary amides is 1. The highest BCUT2D eigenvalue weighted by atomic mass is 16.5. The molecule has 0 fully saturated rings. The van der Waals surface area contributed by atoms with Gasteiger partial charge < -0.3 is 46.8 Å². The maximum absolute atomic E-state index is 13.0. The summed E-state index contributed by atoms with van der Waals surface area (Å²) >= 11 is 0. The first-order valence-corrected chi connectivity index (χ1v) is 13.5. The molecule has 0 radical (unpaired) electrons. The van der Waals surface area contributed by atoms with Gasteiger partial charge >= 0.3 is 6.09 Å². The number of ether oxygens (including phenoxy) is 1. The summed E-state index contributed by atoms with van der Waals surface area (Å²) < 4.78 is 5.18. The van der Waals surface area contributed by atoms with Crippen molar-refractivity contribution in [2.24, 2.45) is 11.7 Å². The molecule has 2 rings (SSSR count). The van der Waals surface area contributed by atoms with E-state index >= 15 is 0 Å². The number of aliphatic hydroxyl groups excluding tert-OH is 4. The number of hydrogen-bond donors (Lipinski definition) is 8. The average Bonchev–Trinajstić information content (AvgIpc) is 2.97. The molecule has 0 aromatic heterocycles. The molecule has 2 aromatic rings. The first kappa shape index (κ1) is 34.2. The molecular weight excluding hydrogens is 548 g/mol. The largest absolute Gasteiger partial charge is 0.445 e. The fraction of sp³-hybridized carbons (Fsp3) is 0.448. The summed E-state index contributed by atoms with van der Waals surface area (Å²) in [5.74, 6) is -2.70. The zero-order valence-electron chi connectivity index (χ0n) is 23.6. The van der Waals surface area contributed by atoms with E-state index in [-0.39, 0.29) is 25.4 Å². The van der Waals surface area contributed by atoms with Crippen molar-refractivity contribution in [3.05, 3.63) is 71.8 Å². The van der Waals surface area contributed by atoms with Crippen molar-refractivity contribution in [2.75, 3.05) is 6.61 Å². The Balaban J connectivity index is 2.03. The lowest BCUT2D eigenvalue weighted by Crippen LogP contribution is -2.59. The molecule has 230 valence electrons. The molecule has 4 amide bonds. The minimum absolute atomic E-state index is 0.0304. The third-order valence-corrected chi connectivity index (χ3v) is 6.33. The Morgan fingerprint density at radius 1 is 0.833 bits per heavy atom. The highest BCUT2D eigenvalue weighted by Crippen LogP contribution is 2.17. The predicted molar refractivity (Wildman–Crippen MR) is 151 cm³/mol. The monoisotopic (exact) mass is 588 g/mol. The number of carbonyl (C=O) groups is 4. The van der Waals surface area contributed by atoms with Crippen LogP contribution < -0.4 is 21.7 Å². The minimum Gasteiger partial charge on any atom is -0.445 e. The fourth-order valence-corrected chi connectivity index (χ4v) is 4.11. The number of carbonyl (C=O) groups excluding carboxylic acids is 4. The number of hydrogen-bond acceptors (Lipinski definition) is 9. The van der Waals surface area contributed by atoms with E-state index in [0.29, 0.717) is 5.56 Å². The number of rotatable bonds is 16. The Hall–Kier alpha value is -4.04. The van der Waals surface area contributed by atoms with Crippen molar-refractivity contribution < 1.29 is 44.3 Å². The number of amides is 4. The van der Waals surface area contributed by atoms with E-state index in [9.17, 15) is 39.6 Å². The maximum Gasteiger partial charge on any atom is 0.408 e. The Kier molecular flexibility index (Phi) is 13.9. The molecule has 0 aliphatic heterocycles. The van der Waals surface area contributed by atoms with Gasteiger partial charge in [0.1, 0.15) is 24.9 Å². The van der Waals surface area contributed by atoms with Crippen LogP contribution in [0.25, 0.3) is 0 Å². The van der Waals surface area contributed by atoms with Gasteiger partial charge in [-0.1, -0.05) is 74.5 Å². The van der Waals surface area contributed by atoms with E-state index in [2.05, 4.69) is 16.0 Å². The molecule has 13 nitrogen and oxygen atoms in total. The van der Waals surface area contributed by atoms with Crippen LogP contribution in [0.1, 0.15) is 43.9 Å². The molecule has 0 saturated heterocycles. The molecule has 0 saturated carbocycles. The van der Waals surface area contributed by atoms with Crippen LogP contribution in [0.2, 0.25) is 0 Å². The lowest BCUT2D eigenvalue weighted by molar-refractivity contribution is -0.144. The first-order valence-electron chi connectivity index (χ1n) is 13.5. The van der Waals surface area contributed by atoms with Crippen LogP contribution in [0.4, 0.5) is 4.79 Å². The first-order chi connectivity index (χ1) is 19.9. The van der Waals surface area contributed by atoms with E-state index < -0.39 is 66.9 Å². The molecule has 0 spiro atoms. The van der Waals surface area contributed by atoms with Crippen LogP contribution in [-0.4, -0.2) is 81.2 Å². The van der Waals surface area contributed by atoms with Gasteiger partial charge in [-0.15, -0.1) is 0 Å². The summed E-state index contributed by atoms with van der Waals surface area (Å²) in [5, 5.41) is 48.7. The second-order valence-corrected chi connectivity index (χ2v) is 10.3. The van der Waals surface area contributed by atoms with Gasteiger partial charge in [0.25, 0.3) is 5.91 Å². The van der Waals surface area contributed by atoms with E-state index in [4.69, 9.17) is 10.5 Å². The molecule has 0 bridgehead atoms. The zero-order valence-corrected chi connectivity index (χ0v) is 23.6. The Labute approximate surface area is 244 Å². The Morgan fingerprint density at radius 2 is 1.43 bits per heavy atom. The molecule has 0 aliphatic rings. The smallest absolute Gasteiger partial charge is 0.408 e. The van der Waals surface area contributed by atoms with Crippen molar-refractivity contribution in [2.45, 2.75) is 69.7 Å². The molecule has 2 aromatic carbocycles. The van der Waals surface area contributed by atoms with E-state index in [1.54, 1.807) is 54.6 Å². The third kappa shape index (κ3) is 11.1. The second kappa shape index (κ2) is 17.0. The van der Waals surface area contributed by atoms with Crippen LogP contribution in [0.3, 0.4) is 0 Å². The summed E-state index contributed by atoms with van der Waals surface area (Å²) in [5.41, 5.74) is 6.53.